The van der Waals surface area contributed by atoms with Gasteiger partial charge in [0, 0.05) is 5.69 Å². The van der Waals surface area contributed by atoms with E-state index in [0.29, 0.717) is 12.0 Å². The molecule has 0 spiro atoms. The highest BCUT2D eigenvalue weighted by molar-refractivity contribution is 5.97. The molecule has 1 aromatic carbocycles. The molecule has 3 heteroatoms. The monoisotopic (exact) mass is 215 g/mol. The number of hydrogen-bond donors (Lipinski definition) is 1. The fraction of sp³-hybridized carbons (Fsp3) is 0.462. The molecule has 2 N–H and O–H groups in total. The van der Waals surface area contributed by atoms with Crippen LogP contribution in [0.3, 0.4) is 0 Å². The molecule has 1 aliphatic carbocycles. The normalized spacial score (nSPS) is 25.4. The van der Waals surface area contributed by atoms with E-state index in [-0.39, 0.29) is 0 Å². The lowest BCUT2D eigenvalue weighted by Crippen LogP contribution is -2.46. The van der Waals surface area contributed by atoms with Crippen LogP contribution in [0.5, 0.6) is 0 Å². The van der Waals surface area contributed by atoms with Crippen LogP contribution in [0.2, 0.25) is 0 Å². The summed E-state index contributed by atoms with van der Waals surface area (Å²) in [4.78, 5) is 6.61. The van der Waals surface area contributed by atoms with Crippen molar-refractivity contribution in [1.29, 1.82) is 0 Å². The average molecular weight is 215 g/mol. The van der Waals surface area contributed by atoms with Crippen LogP contribution in [0.15, 0.2) is 35.3 Å². The minimum atomic E-state index is 0.496. The Labute approximate surface area is 96.0 Å². The molecule has 0 radical (unpaired) electrons. The molecule has 16 heavy (non-hydrogen) atoms. The van der Waals surface area contributed by atoms with Gasteiger partial charge in [-0.3, -0.25) is 4.99 Å². The Kier molecular flexibility index (Phi) is 2.31. The molecule has 0 aromatic heterocycles. The van der Waals surface area contributed by atoms with Gasteiger partial charge in [-0.15, -0.1) is 0 Å². The van der Waals surface area contributed by atoms with E-state index in [0.717, 1.165) is 12.5 Å². The first-order chi connectivity index (χ1) is 7.86. The summed E-state index contributed by atoms with van der Waals surface area (Å²) >= 11 is 0. The number of aliphatic imine (C=N–C) groups is 1. The Morgan fingerprint density at radius 1 is 1.19 bits per heavy atom. The lowest BCUT2D eigenvalue weighted by Gasteiger charge is -2.37. The summed E-state index contributed by atoms with van der Waals surface area (Å²) in [5, 5.41) is 0. The van der Waals surface area contributed by atoms with Crippen LogP contribution in [-0.4, -0.2) is 18.5 Å². The molecule has 84 valence electrons. The van der Waals surface area contributed by atoms with Crippen molar-refractivity contribution in [3.63, 3.8) is 0 Å². The number of para-hydroxylation sites is 1. The Bertz CT molecular complexity index is 395. The molecule has 0 saturated heterocycles. The molecule has 3 rings (SSSR count). The number of rotatable bonds is 2. The second-order valence-electron chi connectivity index (χ2n) is 4.66. The van der Waals surface area contributed by atoms with E-state index in [1.54, 1.807) is 0 Å². The molecule has 0 bridgehead atoms. The number of hydrogen-bond acceptors (Lipinski definition) is 3. The topological polar surface area (TPSA) is 41.6 Å². The van der Waals surface area contributed by atoms with Crippen LogP contribution in [0.25, 0.3) is 0 Å². The molecular weight excluding hydrogens is 198 g/mol. The van der Waals surface area contributed by atoms with E-state index >= 15 is 0 Å². The van der Waals surface area contributed by atoms with Crippen molar-refractivity contribution >= 4 is 11.6 Å². The zero-order chi connectivity index (χ0) is 11.0. The predicted molar refractivity (Wildman–Crippen MR) is 66.5 cm³/mol. The lowest BCUT2D eigenvalue weighted by molar-refractivity contribution is 0.271. The Morgan fingerprint density at radius 3 is 2.56 bits per heavy atom. The first-order valence-corrected chi connectivity index (χ1v) is 6.00. The molecule has 3 nitrogen and oxygen atoms in total. The Hall–Kier alpha value is -1.51. The lowest BCUT2D eigenvalue weighted by atomic mass is 9.79. The van der Waals surface area contributed by atoms with Crippen molar-refractivity contribution in [2.24, 2.45) is 16.6 Å². The molecular formula is C13H17N3. The fourth-order valence-electron chi connectivity index (χ4n) is 2.61. The predicted octanol–water partition coefficient (Wildman–Crippen LogP) is 1.99. The molecule has 1 heterocycles. The highest BCUT2D eigenvalue weighted by Gasteiger charge is 2.36. The van der Waals surface area contributed by atoms with E-state index in [2.05, 4.69) is 34.2 Å². The van der Waals surface area contributed by atoms with E-state index < -0.39 is 0 Å². The van der Waals surface area contributed by atoms with E-state index in [1.807, 2.05) is 6.07 Å². The van der Waals surface area contributed by atoms with Crippen LogP contribution in [0.4, 0.5) is 5.69 Å². The summed E-state index contributed by atoms with van der Waals surface area (Å²) < 4.78 is 0. The van der Waals surface area contributed by atoms with Crippen molar-refractivity contribution in [3.8, 4) is 0 Å². The number of benzene rings is 1. The van der Waals surface area contributed by atoms with Gasteiger partial charge in [0.15, 0.2) is 5.96 Å². The Balaban J connectivity index is 1.87. The van der Waals surface area contributed by atoms with Crippen LogP contribution >= 0.6 is 0 Å². The molecule has 1 unspecified atom stereocenters. The van der Waals surface area contributed by atoms with Gasteiger partial charge in [0.25, 0.3) is 0 Å². The second-order valence-corrected chi connectivity index (χ2v) is 4.66. The number of anilines is 1. The van der Waals surface area contributed by atoms with Crippen molar-refractivity contribution in [2.75, 3.05) is 11.4 Å². The van der Waals surface area contributed by atoms with Gasteiger partial charge in [-0.2, -0.15) is 0 Å². The van der Waals surface area contributed by atoms with Crippen molar-refractivity contribution in [3.05, 3.63) is 30.3 Å². The van der Waals surface area contributed by atoms with Gasteiger partial charge in [0.2, 0.25) is 0 Å². The van der Waals surface area contributed by atoms with Crippen LogP contribution < -0.4 is 10.6 Å². The zero-order valence-corrected chi connectivity index (χ0v) is 9.34. The second kappa shape index (κ2) is 3.81. The molecule has 1 aliphatic heterocycles. The standard InChI is InChI=1S/C13H17N3/c14-13-15-9-12(10-5-4-6-10)16(13)11-7-2-1-3-8-11/h1-3,7-8,10,12H,4-6,9H2,(H2,14,15). The maximum absolute atomic E-state index is 5.99. The van der Waals surface area contributed by atoms with Gasteiger partial charge in [-0.1, -0.05) is 24.6 Å². The van der Waals surface area contributed by atoms with Crippen molar-refractivity contribution < 1.29 is 0 Å². The maximum Gasteiger partial charge on any atom is 0.196 e. The molecule has 1 atom stereocenters. The van der Waals surface area contributed by atoms with Gasteiger partial charge >= 0.3 is 0 Å². The quantitative estimate of drug-likeness (QED) is 0.819. The van der Waals surface area contributed by atoms with Gasteiger partial charge in [-0.25, -0.2) is 0 Å². The highest BCUT2D eigenvalue weighted by atomic mass is 15.3. The zero-order valence-electron chi connectivity index (χ0n) is 9.34. The van der Waals surface area contributed by atoms with Crippen LogP contribution in [0, 0.1) is 5.92 Å². The largest absolute Gasteiger partial charge is 0.370 e. The Morgan fingerprint density at radius 2 is 1.94 bits per heavy atom. The minimum Gasteiger partial charge on any atom is -0.370 e. The molecule has 2 aliphatic rings. The number of nitrogens with zero attached hydrogens (tertiary/aromatic N) is 2. The first-order valence-electron chi connectivity index (χ1n) is 6.00. The summed E-state index contributed by atoms with van der Waals surface area (Å²) in [5.74, 6) is 1.47. The van der Waals surface area contributed by atoms with Crippen molar-refractivity contribution in [2.45, 2.75) is 25.3 Å². The third kappa shape index (κ3) is 1.47. The van der Waals surface area contributed by atoms with Gasteiger partial charge < -0.3 is 10.6 Å². The van der Waals surface area contributed by atoms with E-state index in [1.165, 1.54) is 24.9 Å². The summed E-state index contributed by atoms with van der Waals surface area (Å²) in [7, 11) is 0. The third-order valence-corrected chi connectivity index (χ3v) is 3.75. The van der Waals surface area contributed by atoms with Gasteiger partial charge in [0.1, 0.15) is 0 Å². The summed E-state index contributed by atoms with van der Waals surface area (Å²) in [6, 6.07) is 10.9. The summed E-state index contributed by atoms with van der Waals surface area (Å²) in [6.45, 7) is 0.866. The smallest absolute Gasteiger partial charge is 0.196 e. The fourth-order valence-corrected chi connectivity index (χ4v) is 2.61. The minimum absolute atomic E-state index is 0.496. The molecule has 0 amide bonds. The number of nitrogens with two attached hydrogens (primary N) is 1. The summed E-state index contributed by atoms with van der Waals surface area (Å²) in [6.07, 6.45) is 4.03. The number of guanidine groups is 1. The third-order valence-electron chi connectivity index (χ3n) is 3.75. The van der Waals surface area contributed by atoms with Crippen LogP contribution in [0.1, 0.15) is 19.3 Å². The van der Waals surface area contributed by atoms with Gasteiger partial charge in [-0.05, 0) is 30.9 Å². The molecule has 1 saturated carbocycles. The highest BCUT2D eigenvalue weighted by Crippen LogP contribution is 2.36. The molecule has 1 fully saturated rings. The summed E-state index contributed by atoms with van der Waals surface area (Å²) in [5.41, 5.74) is 7.17. The first kappa shape index (κ1) is 9.70. The van der Waals surface area contributed by atoms with E-state index in [9.17, 15) is 0 Å². The molecule has 1 aromatic rings. The SMILES string of the molecule is NC1=NCC(C2CCC2)N1c1ccccc1. The van der Waals surface area contributed by atoms with E-state index in [4.69, 9.17) is 5.73 Å². The van der Waals surface area contributed by atoms with Crippen LogP contribution in [-0.2, 0) is 0 Å². The van der Waals surface area contributed by atoms with Crippen molar-refractivity contribution in [1.82, 2.24) is 0 Å². The maximum atomic E-state index is 5.99. The van der Waals surface area contributed by atoms with Gasteiger partial charge in [0.05, 0.1) is 12.6 Å². The average Bonchev–Trinajstić information content (AvgIpc) is 2.59.